The Morgan fingerprint density at radius 1 is 0.354 bits per heavy atom. The van der Waals surface area contributed by atoms with Crippen LogP contribution in [-0.4, -0.2) is 15.0 Å². The predicted octanol–water partition coefficient (Wildman–Crippen LogP) is 11.5. The van der Waals surface area contributed by atoms with Crippen LogP contribution in [0.5, 0.6) is 0 Å². The maximum Gasteiger partial charge on any atom is 0.167 e. The smallest absolute Gasteiger partial charge is 0.167 e. The number of benzene rings is 7. The molecule has 0 spiro atoms. The molecule has 5 heteroatoms. The van der Waals surface area contributed by atoms with Gasteiger partial charge >= 0.3 is 0 Å². The van der Waals surface area contributed by atoms with Gasteiger partial charge in [0.1, 0.15) is 22.3 Å². The summed E-state index contributed by atoms with van der Waals surface area (Å²) in [6.07, 6.45) is 0. The summed E-state index contributed by atoms with van der Waals surface area (Å²) in [7, 11) is 0. The number of hydrogen-bond donors (Lipinski definition) is 0. The monoisotopic (exact) mass is 615 g/mol. The van der Waals surface area contributed by atoms with Gasteiger partial charge in [0.15, 0.2) is 17.5 Å². The number of para-hydroxylation sites is 2. The lowest BCUT2D eigenvalue weighted by molar-refractivity contribution is 0.669. The van der Waals surface area contributed by atoms with Crippen molar-refractivity contribution >= 4 is 54.6 Å². The molecular weight excluding hydrogens is 590 g/mol. The molecule has 0 aliphatic heterocycles. The van der Waals surface area contributed by atoms with E-state index in [0.717, 1.165) is 77.1 Å². The summed E-state index contributed by atoms with van der Waals surface area (Å²) < 4.78 is 12.7. The third kappa shape index (κ3) is 4.22. The summed E-state index contributed by atoms with van der Waals surface area (Å²) >= 11 is 0. The summed E-state index contributed by atoms with van der Waals surface area (Å²) in [5.74, 6) is 1.76. The molecule has 0 unspecified atom stereocenters. The Kier molecular flexibility index (Phi) is 5.81. The van der Waals surface area contributed by atoms with Crippen molar-refractivity contribution in [3.63, 3.8) is 0 Å². The minimum Gasteiger partial charge on any atom is -0.456 e. The van der Waals surface area contributed by atoms with Crippen LogP contribution >= 0.6 is 0 Å². The Balaban J connectivity index is 1.12. The van der Waals surface area contributed by atoms with Crippen LogP contribution < -0.4 is 0 Å². The van der Waals surface area contributed by atoms with Crippen molar-refractivity contribution in [3.8, 4) is 45.3 Å². The molecule has 0 amide bonds. The van der Waals surface area contributed by atoms with Gasteiger partial charge in [-0.15, -0.1) is 0 Å². The molecule has 0 atom stereocenters. The highest BCUT2D eigenvalue weighted by atomic mass is 16.3. The Bertz CT molecular complexity index is 2830. The molecule has 5 nitrogen and oxygen atoms in total. The van der Waals surface area contributed by atoms with Gasteiger partial charge in [-0.3, -0.25) is 0 Å². The second-order valence-electron chi connectivity index (χ2n) is 12.0. The normalized spacial score (nSPS) is 11.8. The maximum absolute atomic E-state index is 6.37. The zero-order chi connectivity index (χ0) is 31.6. The Morgan fingerprint density at radius 3 is 1.79 bits per heavy atom. The van der Waals surface area contributed by atoms with Gasteiger partial charge in [0, 0.05) is 32.7 Å². The summed E-state index contributed by atoms with van der Waals surface area (Å²) in [6.45, 7) is 0. The number of rotatable bonds is 4. The fourth-order valence-corrected chi connectivity index (χ4v) is 6.82. The summed E-state index contributed by atoms with van der Waals surface area (Å²) in [5, 5.41) is 6.67. The minimum atomic E-state index is 0.564. The predicted molar refractivity (Wildman–Crippen MR) is 194 cm³/mol. The Labute approximate surface area is 274 Å². The molecule has 0 saturated carbocycles. The van der Waals surface area contributed by atoms with Crippen LogP contribution in [0, 0.1) is 0 Å². The van der Waals surface area contributed by atoms with Gasteiger partial charge in [0.2, 0.25) is 0 Å². The molecule has 0 aliphatic carbocycles. The van der Waals surface area contributed by atoms with Crippen LogP contribution in [0.25, 0.3) is 99.9 Å². The highest BCUT2D eigenvalue weighted by Gasteiger charge is 2.18. The van der Waals surface area contributed by atoms with E-state index in [9.17, 15) is 0 Å². The van der Waals surface area contributed by atoms with Gasteiger partial charge < -0.3 is 8.83 Å². The maximum atomic E-state index is 6.37. The van der Waals surface area contributed by atoms with Crippen LogP contribution in [0.4, 0.5) is 0 Å². The average molecular weight is 616 g/mol. The van der Waals surface area contributed by atoms with E-state index in [-0.39, 0.29) is 0 Å². The fourth-order valence-electron chi connectivity index (χ4n) is 6.82. The van der Waals surface area contributed by atoms with Crippen molar-refractivity contribution in [2.45, 2.75) is 0 Å². The van der Waals surface area contributed by atoms with Crippen LogP contribution in [0.2, 0.25) is 0 Å². The van der Waals surface area contributed by atoms with E-state index < -0.39 is 0 Å². The summed E-state index contributed by atoms with van der Waals surface area (Å²) in [6, 6.07) is 51.7. The third-order valence-corrected chi connectivity index (χ3v) is 9.13. The first-order chi connectivity index (χ1) is 23.8. The Hall–Kier alpha value is -6.59. The van der Waals surface area contributed by atoms with E-state index in [2.05, 4.69) is 84.9 Å². The molecule has 0 saturated heterocycles. The molecule has 224 valence electrons. The van der Waals surface area contributed by atoms with Crippen molar-refractivity contribution in [1.29, 1.82) is 0 Å². The molecular formula is C43H25N3O2. The highest BCUT2D eigenvalue weighted by Crippen LogP contribution is 2.39. The highest BCUT2D eigenvalue weighted by molar-refractivity contribution is 6.15. The molecule has 0 radical (unpaired) electrons. The van der Waals surface area contributed by atoms with Gasteiger partial charge in [0.25, 0.3) is 0 Å². The van der Waals surface area contributed by atoms with Crippen LogP contribution in [-0.2, 0) is 0 Å². The number of furan rings is 2. The van der Waals surface area contributed by atoms with Gasteiger partial charge in [-0.2, -0.15) is 0 Å². The molecule has 0 bridgehead atoms. The second-order valence-corrected chi connectivity index (χ2v) is 12.0. The topological polar surface area (TPSA) is 65.0 Å². The summed E-state index contributed by atoms with van der Waals surface area (Å²) in [4.78, 5) is 15.0. The second kappa shape index (κ2) is 10.5. The van der Waals surface area contributed by atoms with E-state index in [1.165, 1.54) is 5.39 Å². The SMILES string of the molecule is c1ccc(-c2nc(-c3ccc(-c4cccc5oc6cc7ccccc7cc6c45)cc3)nc(-c3cccc4c3oc3ccccc34)n2)cc1. The first kappa shape index (κ1) is 26.6. The number of hydrogen-bond acceptors (Lipinski definition) is 5. The lowest BCUT2D eigenvalue weighted by Crippen LogP contribution is -2.00. The molecule has 10 aromatic rings. The minimum absolute atomic E-state index is 0.564. The molecule has 7 aromatic carbocycles. The third-order valence-electron chi connectivity index (χ3n) is 9.13. The standard InChI is InChI=1S/C43H25N3O2/c1-2-10-27(11-3-1)41-44-42(46-43(45-41)34-17-8-16-33-32-14-6-7-18-36(32)48-40(33)34)28-22-20-26(21-23-28)31-15-9-19-37-39(31)35-24-29-12-4-5-13-30(29)25-38(35)47-37/h1-25H. The van der Waals surface area contributed by atoms with Crippen molar-refractivity contribution < 1.29 is 8.83 Å². The van der Waals surface area contributed by atoms with E-state index in [1.54, 1.807) is 0 Å². The van der Waals surface area contributed by atoms with Crippen molar-refractivity contribution in [1.82, 2.24) is 15.0 Å². The quantitative estimate of drug-likeness (QED) is 0.197. The summed E-state index contributed by atoms with van der Waals surface area (Å²) in [5.41, 5.74) is 8.20. The van der Waals surface area contributed by atoms with Crippen molar-refractivity contribution in [2.75, 3.05) is 0 Å². The zero-order valence-electron chi connectivity index (χ0n) is 25.6. The number of nitrogens with zero attached hydrogens (tertiary/aromatic N) is 3. The van der Waals surface area contributed by atoms with Gasteiger partial charge in [-0.25, -0.2) is 15.0 Å². The molecule has 48 heavy (non-hydrogen) atoms. The van der Waals surface area contributed by atoms with E-state index in [1.807, 2.05) is 66.7 Å². The Morgan fingerprint density at radius 2 is 0.958 bits per heavy atom. The van der Waals surface area contributed by atoms with E-state index in [0.29, 0.717) is 17.5 Å². The molecule has 10 rings (SSSR count). The van der Waals surface area contributed by atoms with E-state index >= 15 is 0 Å². The number of aromatic nitrogens is 3. The van der Waals surface area contributed by atoms with Crippen LogP contribution in [0.15, 0.2) is 160 Å². The first-order valence-electron chi connectivity index (χ1n) is 15.9. The van der Waals surface area contributed by atoms with Crippen molar-refractivity contribution in [3.05, 3.63) is 152 Å². The molecule has 3 aromatic heterocycles. The number of fused-ring (bicyclic) bond motifs is 7. The average Bonchev–Trinajstić information content (AvgIpc) is 3.72. The lowest BCUT2D eigenvalue weighted by atomic mass is 9.97. The van der Waals surface area contributed by atoms with Gasteiger partial charge in [-0.1, -0.05) is 121 Å². The molecule has 0 fully saturated rings. The zero-order valence-corrected chi connectivity index (χ0v) is 25.6. The molecule has 3 heterocycles. The molecule has 0 N–H and O–H groups in total. The molecule has 0 aliphatic rings. The lowest BCUT2D eigenvalue weighted by Gasteiger charge is -2.10. The van der Waals surface area contributed by atoms with Crippen molar-refractivity contribution in [2.24, 2.45) is 0 Å². The largest absolute Gasteiger partial charge is 0.456 e. The van der Waals surface area contributed by atoms with Gasteiger partial charge in [-0.05, 0) is 52.2 Å². The van der Waals surface area contributed by atoms with Crippen LogP contribution in [0.3, 0.4) is 0 Å². The van der Waals surface area contributed by atoms with Crippen LogP contribution in [0.1, 0.15) is 0 Å². The fraction of sp³-hybridized carbons (Fsp3) is 0. The van der Waals surface area contributed by atoms with E-state index in [4.69, 9.17) is 23.8 Å². The van der Waals surface area contributed by atoms with Gasteiger partial charge in [0.05, 0.1) is 5.56 Å². The first-order valence-corrected chi connectivity index (χ1v) is 15.9.